The first-order chi connectivity index (χ1) is 9.16. The van der Waals surface area contributed by atoms with Crippen LogP contribution in [-0.4, -0.2) is 37.9 Å². The molecule has 1 rings (SSSR count). The van der Waals surface area contributed by atoms with Crippen molar-refractivity contribution in [2.24, 2.45) is 10.8 Å². The van der Waals surface area contributed by atoms with Crippen molar-refractivity contribution < 1.29 is 23.8 Å². The summed E-state index contributed by atoms with van der Waals surface area (Å²) in [6.45, 7) is 11.1. The Hall–Kier alpha value is -1.10. The molecule has 116 valence electrons. The van der Waals surface area contributed by atoms with E-state index in [0.29, 0.717) is 19.6 Å². The first-order valence-corrected chi connectivity index (χ1v) is 7.11. The third-order valence-corrected chi connectivity index (χ3v) is 3.33. The molecular formula is C15H26O5. The fraction of sp³-hybridized carbons (Fsp3) is 0.867. The Morgan fingerprint density at radius 2 is 1.95 bits per heavy atom. The Balaban J connectivity index is 2.49. The van der Waals surface area contributed by atoms with E-state index in [2.05, 4.69) is 20.8 Å². The van der Waals surface area contributed by atoms with Gasteiger partial charge in [-0.25, -0.2) is 0 Å². The third kappa shape index (κ3) is 5.12. The number of carbonyl (C=O) groups excluding carboxylic acids is 2. The Morgan fingerprint density at radius 1 is 1.30 bits per heavy atom. The zero-order valence-electron chi connectivity index (χ0n) is 13.2. The van der Waals surface area contributed by atoms with Crippen LogP contribution >= 0.6 is 0 Å². The van der Waals surface area contributed by atoms with Gasteiger partial charge in [0.15, 0.2) is 0 Å². The minimum absolute atomic E-state index is 0.0598. The highest BCUT2D eigenvalue weighted by atomic mass is 16.6. The molecule has 1 heterocycles. The second-order valence-corrected chi connectivity index (χ2v) is 6.88. The molecule has 1 aliphatic rings. The summed E-state index contributed by atoms with van der Waals surface area (Å²) < 4.78 is 15.8. The Labute approximate surface area is 121 Å². The monoisotopic (exact) mass is 286 g/mol. The second kappa shape index (κ2) is 6.57. The average Bonchev–Trinajstić information content (AvgIpc) is 2.72. The Kier molecular flexibility index (Phi) is 5.57. The third-order valence-electron chi connectivity index (χ3n) is 3.33. The number of rotatable bonds is 6. The van der Waals surface area contributed by atoms with Crippen molar-refractivity contribution in [2.45, 2.75) is 53.6 Å². The van der Waals surface area contributed by atoms with Crippen LogP contribution in [0, 0.1) is 10.8 Å². The van der Waals surface area contributed by atoms with Crippen LogP contribution in [-0.2, 0) is 23.8 Å². The predicted molar refractivity (Wildman–Crippen MR) is 74.1 cm³/mol. The molecule has 1 aliphatic heterocycles. The van der Waals surface area contributed by atoms with Crippen molar-refractivity contribution in [1.29, 1.82) is 0 Å². The van der Waals surface area contributed by atoms with E-state index in [9.17, 15) is 9.59 Å². The van der Waals surface area contributed by atoms with Crippen molar-refractivity contribution in [3.8, 4) is 0 Å². The largest absolute Gasteiger partial charge is 0.462 e. The van der Waals surface area contributed by atoms with Gasteiger partial charge >= 0.3 is 11.9 Å². The lowest BCUT2D eigenvalue weighted by molar-refractivity contribution is -0.165. The first kappa shape index (κ1) is 17.0. The highest BCUT2D eigenvalue weighted by Crippen LogP contribution is 2.27. The van der Waals surface area contributed by atoms with E-state index in [1.807, 2.05) is 13.8 Å². The van der Waals surface area contributed by atoms with E-state index >= 15 is 0 Å². The molecular weight excluding hydrogens is 260 g/mol. The molecule has 2 unspecified atom stereocenters. The van der Waals surface area contributed by atoms with Gasteiger partial charge in [-0.1, -0.05) is 27.7 Å². The molecule has 1 fully saturated rings. The molecule has 0 radical (unpaired) electrons. The minimum Gasteiger partial charge on any atom is -0.462 e. The van der Waals surface area contributed by atoms with Crippen molar-refractivity contribution in [3.05, 3.63) is 0 Å². The van der Waals surface area contributed by atoms with Gasteiger partial charge in [-0.05, 0) is 18.8 Å². The number of hydrogen-bond donors (Lipinski definition) is 0. The highest BCUT2D eigenvalue weighted by molar-refractivity contribution is 5.78. The summed E-state index contributed by atoms with van der Waals surface area (Å²) in [6, 6.07) is 0. The van der Waals surface area contributed by atoms with Gasteiger partial charge < -0.3 is 14.2 Å². The van der Waals surface area contributed by atoms with Crippen LogP contribution in [0.1, 0.15) is 47.5 Å². The summed E-state index contributed by atoms with van der Waals surface area (Å²) in [5.74, 6) is -0.637. The SMILES string of the molecule is CCC(C)(COCC(C)(C)C)C(=O)OC1COC(=O)C1. The van der Waals surface area contributed by atoms with Crippen molar-refractivity contribution >= 4 is 11.9 Å². The van der Waals surface area contributed by atoms with Crippen LogP contribution in [0.2, 0.25) is 0 Å². The maximum Gasteiger partial charge on any atom is 0.314 e. The fourth-order valence-corrected chi connectivity index (χ4v) is 1.75. The van der Waals surface area contributed by atoms with Gasteiger partial charge in [0.25, 0.3) is 0 Å². The standard InChI is InChI=1S/C15H26O5/c1-6-15(5,10-18-9-14(2,3)4)13(17)20-11-7-12(16)19-8-11/h11H,6-10H2,1-5H3. The Bertz CT molecular complexity index is 358. The van der Waals surface area contributed by atoms with Gasteiger partial charge in [0.05, 0.1) is 25.0 Å². The van der Waals surface area contributed by atoms with Crippen molar-refractivity contribution in [1.82, 2.24) is 0 Å². The van der Waals surface area contributed by atoms with Gasteiger partial charge in [-0.15, -0.1) is 0 Å². The summed E-state index contributed by atoms with van der Waals surface area (Å²) in [6.07, 6.45) is 0.315. The molecule has 5 heteroatoms. The predicted octanol–water partition coefficient (Wildman–Crippen LogP) is 2.32. The van der Waals surface area contributed by atoms with Crippen LogP contribution in [0.4, 0.5) is 0 Å². The minimum atomic E-state index is -0.684. The number of cyclic esters (lactones) is 1. The molecule has 0 amide bonds. The molecule has 2 atom stereocenters. The second-order valence-electron chi connectivity index (χ2n) is 6.88. The van der Waals surface area contributed by atoms with Crippen LogP contribution < -0.4 is 0 Å². The van der Waals surface area contributed by atoms with Crippen molar-refractivity contribution in [2.75, 3.05) is 19.8 Å². The lowest BCUT2D eigenvalue weighted by atomic mass is 9.88. The van der Waals surface area contributed by atoms with E-state index in [-0.39, 0.29) is 30.4 Å². The highest BCUT2D eigenvalue weighted by Gasteiger charge is 2.37. The summed E-state index contributed by atoms with van der Waals surface area (Å²) >= 11 is 0. The van der Waals surface area contributed by atoms with E-state index < -0.39 is 11.5 Å². The molecule has 0 spiro atoms. The number of ether oxygens (including phenoxy) is 3. The molecule has 0 aromatic rings. The molecule has 0 saturated carbocycles. The van der Waals surface area contributed by atoms with Gasteiger partial charge in [-0.2, -0.15) is 0 Å². The summed E-state index contributed by atoms with van der Waals surface area (Å²) in [7, 11) is 0. The molecule has 20 heavy (non-hydrogen) atoms. The van der Waals surface area contributed by atoms with E-state index in [1.54, 1.807) is 0 Å². The smallest absolute Gasteiger partial charge is 0.314 e. The maximum absolute atomic E-state index is 12.2. The molecule has 0 bridgehead atoms. The molecule has 0 aromatic heterocycles. The van der Waals surface area contributed by atoms with Crippen LogP contribution in [0.5, 0.6) is 0 Å². The lowest BCUT2D eigenvalue weighted by Crippen LogP contribution is -2.37. The summed E-state index contributed by atoms with van der Waals surface area (Å²) in [4.78, 5) is 23.2. The fourth-order valence-electron chi connectivity index (χ4n) is 1.75. The molecule has 5 nitrogen and oxygen atoms in total. The first-order valence-electron chi connectivity index (χ1n) is 7.11. The van der Waals surface area contributed by atoms with E-state index in [0.717, 1.165) is 0 Å². The quantitative estimate of drug-likeness (QED) is 0.701. The zero-order valence-corrected chi connectivity index (χ0v) is 13.2. The van der Waals surface area contributed by atoms with E-state index in [4.69, 9.17) is 14.2 Å². The van der Waals surface area contributed by atoms with Gasteiger partial charge in [-0.3, -0.25) is 9.59 Å². The zero-order chi connectivity index (χ0) is 15.4. The number of esters is 2. The number of carbonyl (C=O) groups is 2. The van der Waals surface area contributed by atoms with E-state index in [1.165, 1.54) is 0 Å². The molecule has 0 aromatic carbocycles. The van der Waals surface area contributed by atoms with Crippen LogP contribution in [0.3, 0.4) is 0 Å². The maximum atomic E-state index is 12.2. The van der Waals surface area contributed by atoms with Crippen LogP contribution in [0.25, 0.3) is 0 Å². The van der Waals surface area contributed by atoms with Gasteiger partial charge in [0, 0.05) is 0 Å². The number of hydrogen-bond acceptors (Lipinski definition) is 5. The van der Waals surface area contributed by atoms with Crippen molar-refractivity contribution in [3.63, 3.8) is 0 Å². The summed E-state index contributed by atoms with van der Waals surface area (Å²) in [5, 5.41) is 0. The average molecular weight is 286 g/mol. The van der Waals surface area contributed by atoms with Gasteiger partial charge in [0.1, 0.15) is 12.7 Å². The molecule has 1 saturated heterocycles. The lowest BCUT2D eigenvalue weighted by Gasteiger charge is -2.28. The molecule has 0 N–H and O–H groups in total. The Morgan fingerprint density at radius 3 is 2.40 bits per heavy atom. The van der Waals surface area contributed by atoms with Gasteiger partial charge in [0.2, 0.25) is 0 Å². The van der Waals surface area contributed by atoms with Crippen LogP contribution in [0.15, 0.2) is 0 Å². The topological polar surface area (TPSA) is 61.8 Å². The molecule has 0 aliphatic carbocycles. The normalized spacial score (nSPS) is 22.2. The summed E-state index contributed by atoms with van der Waals surface area (Å²) in [5.41, 5.74) is -0.624.